The molecule has 1 heterocycles. The number of halogens is 1. The molecule has 1 unspecified atom stereocenters. The van der Waals surface area contributed by atoms with Gasteiger partial charge in [0.1, 0.15) is 0 Å². The van der Waals surface area contributed by atoms with E-state index in [1.54, 1.807) is 0 Å². The lowest BCUT2D eigenvalue weighted by molar-refractivity contribution is 0.0121. The fourth-order valence-corrected chi connectivity index (χ4v) is 1.85. The van der Waals surface area contributed by atoms with Gasteiger partial charge in [-0.2, -0.15) is 0 Å². The average Bonchev–Trinajstić information content (AvgIpc) is 2.50. The van der Waals surface area contributed by atoms with E-state index in [2.05, 4.69) is 29.8 Å². The summed E-state index contributed by atoms with van der Waals surface area (Å²) in [6.07, 6.45) is 1.44. The molecule has 72 valence electrons. The van der Waals surface area contributed by atoms with Gasteiger partial charge in [-0.1, -0.05) is 15.9 Å². The first-order valence-electron chi connectivity index (χ1n) is 4.44. The maximum absolute atomic E-state index is 5.61. The maximum Gasteiger partial charge on any atom is 0.0556 e. The minimum absolute atomic E-state index is 0.240. The second-order valence-electron chi connectivity index (χ2n) is 3.80. The molecular formula is C9H17BrO2. The number of rotatable bonds is 4. The molecule has 1 aliphatic rings. The monoisotopic (exact) mass is 236 g/mol. The largest absolute Gasteiger partial charge is 0.381 e. The fraction of sp³-hybridized carbons (Fsp3) is 1.00. The lowest BCUT2D eigenvalue weighted by Crippen LogP contribution is -2.30. The third-order valence-electron chi connectivity index (χ3n) is 2.19. The second kappa shape index (κ2) is 4.58. The quantitative estimate of drug-likeness (QED) is 0.698. The molecule has 12 heavy (non-hydrogen) atoms. The molecule has 0 aromatic carbocycles. The highest BCUT2D eigenvalue weighted by atomic mass is 79.9. The van der Waals surface area contributed by atoms with Crippen molar-refractivity contribution in [1.82, 2.24) is 0 Å². The molecule has 0 saturated carbocycles. The van der Waals surface area contributed by atoms with Crippen LogP contribution >= 0.6 is 15.9 Å². The summed E-state index contributed by atoms with van der Waals surface area (Å²) in [6, 6.07) is 0. The first kappa shape index (κ1) is 10.5. The van der Waals surface area contributed by atoms with Gasteiger partial charge in [0, 0.05) is 17.4 Å². The highest BCUT2D eigenvalue weighted by molar-refractivity contribution is 9.09. The summed E-state index contributed by atoms with van der Waals surface area (Å²) >= 11 is 3.52. The average molecular weight is 237 g/mol. The van der Waals surface area contributed by atoms with E-state index in [1.165, 1.54) is 0 Å². The van der Waals surface area contributed by atoms with Gasteiger partial charge in [-0.3, -0.25) is 0 Å². The van der Waals surface area contributed by atoms with E-state index in [-0.39, 0.29) is 5.41 Å². The SMILES string of the molecule is CC(C)OCC1(CBr)CCOC1. The molecule has 1 atom stereocenters. The van der Waals surface area contributed by atoms with Gasteiger partial charge in [0.05, 0.1) is 19.3 Å². The topological polar surface area (TPSA) is 18.5 Å². The van der Waals surface area contributed by atoms with Crippen molar-refractivity contribution in [3.8, 4) is 0 Å². The summed E-state index contributed by atoms with van der Waals surface area (Å²) in [5.74, 6) is 0. The minimum Gasteiger partial charge on any atom is -0.381 e. The van der Waals surface area contributed by atoms with Crippen molar-refractivity contribution in [2.45, 2.75) is 26.4 Å². The number of ether oxygens (including phenoxy) is 2. The molecular weight excluding hydrogens is 220 g/mol. The molecule has 0 bridgehead atoms. The summed E-state index contributed by atoms with van der Waals surface area (Å²) < 4.78 is 11.0. The number of hydrogen-bond donors (Lipinski definition) is 0. The zero-order valence-electron chi connectivity index (χ0n) is 7.81. The van der Waals surface area contributed by atoms with Crippen LogP contribution in [0.3, 0.4) is 0 Å². The lowest BCUT2D eigenvalue weighted by Gasteiger charge is -2.25. The zero-order valence-corrected chi connectivity index (χ0v) is 9.39. The van der Waals surface area contributed by atoms with Gasteiger partial charge in [0.2, 0.25) is 0 Å². The van der Waals surface area contributed by atoms with Crippen molar-refractivity contribution < 1.29 is 9.47 Å². The minimum atomic E-state index is 0.240. The maximum atomic E-state index is 5.61. The third kappa shape index (κ3) is 2.71. The third-order valence-corrected chi connectivity index (χ3v) is 3.38. The van der Waals surface area contributed by atoms with Gasteiger partial charge in [-0.15, -0.1) is 0 Å². The van der Waals surface area contributed by atoms with Crippen LogP contribution in [0, 0.1) is 5.41 Å². The van der Waals surface area contributed by atoms with Crippen molar-refractivity contribution >= 4 is 15.9 Å². The van der Waals surface area contributed by atoms with Gasteiger partial charge in [0.25, 0.3) is 0 Å². The predicted octanol–water partition coefficient (Wildman–Crippen LogP) is 2.21. The molecule has 0 aromatic rings. The molecule has 1 fully saturated rings. The van der Waals surface area contributed by atoms with E-state index in [1.807, 2.05) is 0 Å². The van der Waals surface area contributed by atoms with Gasteiger partial charge < -0.3 is 9.47 Å². The van der Waals surface area contributed by atoms with Crippen LogP contribution in [-0.2, 0) is 9.47 Å². The Morgan fingerprint density at radius 2 is 2.33 bits per heavy atom. The molecule has 1 rings (SSSR count). The Hall–Kier alpha value is 0.400. The number of alkyl halides is 1. The van der Waals surface area contributed by atoms with Crippen LogP contribution in [0.25, 0.3) is 0 Å². The molecule has 1 aliphatic heterocycles. The van der Waals surface area contributed by atoms with Crippen LogP contribution in [0.15, 0.2) is 0 Å². The molecule has 0 radical (unpaired) electrons. The van der Waals surface area contributed by atoms with Crippen molar-refractivity contribution in [3.05, 3.63) is 0 Å². The van der Waals surface area contributed by atoms with Crippen LogP contribution in [0.1, 0.15) is 20.3 Å². The van der Waals surface area contributed by atoms with Gasteiger partial charge >= 0.3 is 0 Å². The van der Waals surface area contributed by atoms with E-state index in [9.17, 15) is 0 Å². The standard InChI is InChI=1S/C9H17BrO2/c1-8(2)12-7-9(5-10)3-4-11-6-9/h8H,3-7H2,1-2H3. The van der Waals surface area contributed by atoms with Gasteiger partial charge in [-0.05, 0) is 20.3 Å². The Kier molecular flexibility index (Phi) is 4.00. The summed E-state index contributed by atoms with van der Waals surface area (Å²) in [6.45, 7) is 6.67. The molecule has 2 nitrogen and oxygen atoms in total. The highest BCUT2D eigenvalue weighted by Gasteiger charge is 2.34. The van der Waals surface area contributed by atoms with Crippen LogP contribution < -0.4 is 0 Å². The molecule has 1 saturated heterocycles. The lowest BCUT2D eigenvalue weighted by atomic mass is 9.91. The Morgan fingerprint density at radius 3 is 2.75 bits per heavy atom. The first-order valence-corrected chi connectivity index (χ1v) is 5.56. The van der Waals surface area contributed by atoms with Crippen LogP contribution in [0.4, 0.5) is 0 Å². The molecule has 0 aromatic heterocycles. The van der Waals surface area contributed by atoms with E-state index in [0.717, 1.165) is 31.6 Å². The Labute approximate surface area is 82.7 Å². The predicted molar refractivity (Wildman–Crippen MR) is 52.8 cm³/mol. The highest BCUT2D eigenvalue weighted by Crippen LogP contribution is 2.31. The Balaban J connectivity index is 2.34. The van der Waals surface area contributed by atoms with E-state index >= 15 is 0 Å². The van der Waals surface area contributed by atoms with Crippen LogP contribution in [0.5, 0.6) is 0 Å². The molecule has 3 heteroatoms. The number of hydrogen-bond acceptors (Lipinski definition) is 2. The van der Waals surface area contributed by atoms with E-state index in [0.29, 0.717) is 6.10 Å². The van der Waals surface area contributed by atoms with Gasteiger partial charge in [0.15, 0.2) is 0 Å². The van der Waals surface area contributed by atoms with Crippen LogP contribution in [0.2, 0.25) is 0 Å². The molecule has 0 amide bonds. The second-order valence-corrected chi connectivity index (χ2v) is 4.36. The summed E-state index contributed by atoms with van der Waals surface area (Å²) in [7, 11) is 0. The van der Waals surface area contributed by atoms with Gasteiger partial charge in [-0.25, -0.2) is 0 Å². The van der Waals surface area contributed by atoms with Crippen molar-refractivity contribution in [2.75, 3.05) is 25.2 Å². The smallest absolute Gasteiger partial charge is 0.0556 e. The summed E-state index contributed by atoms with van der Waals surface area (Å²) in [4.78, 5) is 0. The molecule has 0 N–H and O–H groups in total. The Bertz CT molecular complexity index is 130. The van der Waals surface area contributed by atoms with Crippen molar-refractivity contribution in [3.63, 3.8) is 0 Å². The normalized spacial score (nSPS) is 30.0. The van der Waals surface area contributed by atoms with Crippen molar-refractivity contribution in [1.29, 1.82) is 0 Å². The molecule has 0 aliphatic carbocycles. The van der Waals surface area contributed by atoms with E-state index in [4.69, 9.17) is 9.47 Å². The fourth-order valence-electron chi connectivity index (χ4n) is 1.25. The summed E-state index contributed by atoms with van der Waals surface area (Å²) in [5.41, 5.74) is 0.240. The van der Waals surface area contributed by atoms with Crippen molar-refractivity contribution in [2.24, 2.45) is 5.41 Å². The summed E-state index contributed by atoms with van der Waals surface area (Å²) in [5, 5.41) is 0.979. The van der Waals surface area contributed by atoms with E-state index < -0.39 is 0 Å². The molecule has 0 spiro atoms. The Morgan fingerprint density at radius 1 is 1.58 bits per heavy atom. The zero-order chi connectivity index (χ0) is 9.03. The van der Waals surface area contributed by atoms with Crippen LogP contribution in [-0.4, -0.2) is 31.3 Å². The first-order chi connectivity index (χ1) is 5.68.